The van der Waals surface area contributed by atoms with E-state index in [4.69, 9.17) is 4.42 Å². The zero-order chi connectivity index (χ0) is 17.2. The Bertz CT molecular complexity index is 735. The number of carbonyl (C=O) groups excluding carboxylic acids is 1. The van der Waals surface area contributed by atoms with Crippen LogP contribution in [0.15, 0.2) is 28.8 Å². The molecule has 2 aromatic rings. The number of hydrogen-bond acceptors (Lipinski definition) is 4. The molecule has 6 nitrogen and oxygen atoms in total. The van der Waals surface area contributed by atoms with Crippen LogP contribution in [0, 0.1) is 6.92 Å². The molecular formula is C19H27ClN4O2. The average Bonchev–Trinajstić information content (AvgIpc) is 3.31. The lowest BCUT2D eigenvalue weighted by Gasteiger charge is -2.34. The summed E-state index contributed by atoms with van der Waals surface area (Å²) in [7, 11) is 0. The van der Waals surface area contributed by atoms with E-state index >= 15 is 0 Å². The van der Waals surface area contributed by atoms with Gasteiger partial charge in [0.15, 0.2) is 0 Å². The van der Waals surface area contributed by atoms with Gasteiger partial charge in [-0.05, 0) is 63.8 Å². The largest absolute Gasteiger partial charge is 0.464 e. The highest BCUT2D eigenvalue weighted by molar-refractivity contribution is 5.92. The third-order valence-electron chi connectivity index (χ3n) is 5.33. The van der Waals surface area contributed by atoms with Crippen molar-refractivity contribution < 1.29 is 9.21 Å². The molecule has 2 aliphatic heterocycles. The van der Waals surface area contributed by atoms with Crippen LogP contribution in [0.4, 0.5) is 0 Å². The predicted octanol–water partition coefficient (Wildman–Crippen LogP) is 3.50. The fourth-order valence-corrected chi connectivity index (χ4v) is 3.96. The summed E-state index contributed by atoms with van der Waals surface area (Å²) in [6.45, 7) is 4.70. The highest BCUT2D eigenvalue weighted by Crippen LogP contribution is 2.33. The van der Waals surface area contributed by atoms with Crippen molar-refractivity contribution in [3.8, 4) is 0 Å². The second-order valence-corrected chi connectivity index (χ2v) is 7.14. The van der Waals surface area contributed by atoms with Crippen LogP contribution < -0.4 is 5.32 Å². The fraction of sp³-hybridized carbons (Fsp3) is 0.579. The molecule has 2 aliphatic rings. The molecule has 0 saturated carbocycles. The zero-order valence-electron chi connectivity index (χ0n) is 15.2. The number of halogens is 1. The van der Waals surface area contributed by atoms with Gasteiger partial charge in [0.2, 0.25) is 0 Å². The molecule has 1 amide bonds. The molecule has 2 saturated heterocycles. The van der Waals surface area contributed by atoms with E-state index in [0.29, 0.717) is 11.7 Å². The number of piperidine rings is 2. The molecule has 4 rings (SSSR count). The Balaban J connectivity index is 0.00000196. The predicted molar refractivity (Wildman–Crippen MR) is 102 cm³/mol. The third kappa shape index (κ3) is 3.81. The third-order valence-corrected chi connectivity index (χ3v) is 5.33. The lowest BCUT2D eigenvalue weighted by molar-refractivity contribution is 0.0571. The lowest BCUT2D eigenvalue weighted by Crippen LogP contribution is -2.38. The van der Waals surface area contributed by atoms with Crippen LogP contribution in [0.1, 0.15) is 66.2 Å². The zero-order valence-corrected chi connectivity index (χ0v) is 16.0. The van der Waals surface area contributed by atoms with Gasteiger partial charge in [0, 0.05) is 19.3 Å². The minimum atomic E-state index is 0. The molecule has 2 atom stereocenters. The molecule has 0 radical (unpaired) electrons. The maximum Gasteiger partial charge on any atom is 0.274 e. The molecule has 0 aromatic carbocycles. The smallest absolute Gasteiger partial charge is 0.274 e. The van der Waals surface area contributed by atoms with Gasteiger partial charge in [-0.2, -0.15) is 5.10 Å². The standard InChI is InChI=1S/C19H26N4O2.ClH/c1-14-7-8-18(25-14)17-6-2-3-11-22(17)19(24)16-9-12-23(21-16)15-5-4-10-20-13-15;/h7-9,12,15,17,20H,2-6,10-11,13H2,1H3;1H. The second kappa shape index (κ2) is 8.27. The number of hydrogen-bond donors (Lipinski definition) is 1. The maximum atomic E-state index is 13.1. The summed E-state index contributed by atoms with van der Waals surface area (Å²) >= 11 is 0. The van der Waals surface area contributed by atoms with Gasteiger partial charge in [-0.25, -0.2) is 0 Å². The van der Waals surface area contributed by atoms with Gasteiger partial charge in [-0.3, -0.25) is 9.48 Å². The van der Waals surface area contributed by atoms with Crippen LogP contribution >= 0.6 is 12.4 Å². The van der Waals surface area contributed by atoms with E-state index in [1.54, 1.807) is 0 Å². The molecule has 26 heavy (non-hydrogen) atoms. The van der Waals surface area contributed by atoms with Gasteiger partial charge in [-0.1, -0.05) is 0 Å². The number of nitrogens with one attached hydrogen (secondary N) is 1. The lowest BCUT2D eigenvalue weighted by atomic mass is 9.99. The van der Waals surface area contributed by atoms with Crippen molar-refractivity contribution in [3.05, 3.63) is 41.6 Å². The van der Waals surface area contributed by atoms with Crippen molar-refractivity contribution in [1.29, 1.82) is 0 Å². The molecule has 2 aromatic heterocycles. The van der Waals surface area contributed by atoms with E-state index in [1.165, 1.54) is 0 Å². The van der Waals surface area contributed by atoms with Gasteiger partial charge < -0.3 is 14.6 Å². The van der Waals surface area contributed by atoms with Crippen LogP contribution in [-0.4, -0.2) is 40.2 Å². The Morgan fingerprint density at radius 2 is 2.12 bits per heavy atom. The van der Waals surface area contributed by atoms with Crippen LogP contribution in [0.5, 0.6) is 0 Å². The van der Waals surface area contributed by atoms with Crippen LogP contribution in [0.2, 0.25) is 0 Å². The topological polar surface area (TPSA) is 63.3 Å². The SMILES string of the molecule is Cc1ccc(C2CCCCN2C(=O)c2ccn(C3CCCNC3)n2)o1.Cl. The molecule has 7 heteroatoms. The highest BCUT2D eigenvalue weighted by Gasteiger charge is 2.32. The van der Waals surface area contributed by atoms with E-state index in [-0.39, 0.29) is 24.4 Å². The van der Waals surface area contributed by atoms with E-state index in [9.17, 15) is 4.79 Å². The Kier molecular flexibility index (Phi) is 6.04. The summed E-state index contributed by atoms with van der Waals surface area (Å²) in [6, 6.07) is 6.20. The summed E-state index contributed by atoms with van der Waals surface area (Å²) in [4.78, 5) is 15.0. The first-order valence-corrected chi connectivity index (χ1v) is 9.35. The number of carbonyl (C=O) groups is 1. The highest BCUT2D eigenvalue weighted by atomic mass is 35.5. The van der Waals surface area contributed by atoms with Crippen molar-refractivity contribution in [2.75, 3.05) is 19.6 Å². The van der Waals surface area contributed by atoms with E-state index in [0.717, 1.165) is 63.3 Å². The fourth-order valence-electron chi connectivity index (χ4n) is 3.96. The Morgan fingerprint density at radius 1 is 1.23 bits per heavy atom. The number of amides is 1. The molecule has 2 fully saturated rings. The molecular weight excluding hydrogens is 352 g/mol. The first kappa shape index (κ1) is 19.0. The number of likely N-dealkylation sites (tertiary alicyclic amines) is 1. The van der Waals surface area contributed by atoms with Crippen molar-refractivity contribution in [3.63, 3.8) is 0 Å². The van der Waals surface area contributed by atoms with Crippen LogP contribution in [0.3, 0.4) is 0 Å². The van der Waals surface area contributed by atoms with Gasteiger partial charge in [-0.15, -0.1) is 12.4 Å². The van der Waals surface area contributed by atoms with Crippen molar-refractivity contribution in [2.45, 2.75) is 51.1 Å². The van der Waals surface area contributed by atoms with E-state index in [2.05, 4.69) is 10.4 Å². The number of nitrogens with zero attached hydrogens (tertiary/aromatic N) is 3. The Morgan fingerprint density at radius 3 is 2.85 bits per heavy atom. The normalized spacial score (nSPS) is 23.5. The number of furan rings is 1. The van der Waals surface area contributed by atoms with Crippen LogP contribution in [0.25, 0.3) is 0 Å². The quantitative estimate of drug-likeness (QED) is 0.887. The summed E-state index contributed by atoms with van der Waals surface area (Å²) in [5, 5.41) is 7.99. The first-order valence-electron chi connectivity index (χ1n) is 9.35. The van der Waals surface area contributed by atoms with Crippen molar-refractivity contribution in [1.82, 2.24) is 20.0 Å². The van der Waals surface area contributed by atoms with Gasteiger partial charge in [0.1, 0.15) is 17.2 Å². The summed E-state index contributed by atoms with van der Waals surface area (Å²) < 4.78 is 7.77. The van der Waals surface area contributed by atoms with Crippen molar-refractivity contribution >= 4 is 18.3 Å². The molecule has 1 N–H and O–H groups in total. The Hall–Kier alpha value is -1.79. The minimum Gasteiger partial charge on any atom is -0.464 e. The minimum absolute atomic E-state index is 0. The summed E-state index contributed by atoms with van der Waals surface area (Å²) in [6.07, 6.45) is 7.32. The van der Waals surface area contributed by atoms with Crippen LogP contribution in [-0.2, 0) is 0 Å². The monoisotopic (exact) mass is 378 g/mol. The summed E-state index contributed by atoms with van der Waals surface area (Å²) in [5.41, 5.74) is 0.542. The number of aryl methyl sites for hydroxylation is 1. The molecule has 0 bridgehead atoms. The number of aromatic nitrogens is 2. The molecule has 0 spiro atoms. The summed E-state index contributed by atoms with van der Waals surface area (Å²) in [5.74, 6) is 1.80. The molecule has 0 aliphatic carbocycles. The molecule has 142 valence electrons. The van der Waals surface area contributed by atoms with E-state index < -0.39 is 0 Å². The number of rotatable bonds is 3. The van der Waals surface area contributed by atoms with Gasteiger partial charge >= 0.3 is 0 Å². The molecule has 2 unspecified atom stereocenters. The Labute approximate surface area is 160 Å². The maximum absolute atomic E-state index is 13.1. The second-order valence-electron chi connectivity index (χ2n) is 7.14. The molecule has 4 heterocycles. The van der Waals surface area contributed by atoms with Gasteiger partial charge in [0.05, 0.1) is 12.1 Å². The van der Waals surface area contributed by atoms with E-state index in [1.807, 2.05) is 40.9 Å². The average molecular weight is 379 g/mol. The van der Waals surface area contributed by atoms with Gasteiger partial charge in [0.25, 0.3) is 5.91 Å². The first-order chi connectivity index (χ1) is 12.2. The van der Waals surface area contributed by atoms with Crippen molar-refractivity contribution in [2.24, 2.45) is 0 Å².